The number of benzene rings is 1. The molecule has 0 bridgehead atoms. The van der Waals surface area contributed by atoms with E-state index in [9.17, 15) is 0 Å². The minimum atomic E-state index is -0.262. The molecule has 0 amide bonds. The van der Waals surface area contributed by atoms with E-state index in [1.54, 1.807) is 14.2 Å². The third-order valence-electron chi connectivity index (χ3n) is 4.07. The van der Waals surface area contributed by atoms with Crippen LogP contribution in [0.2, 0.25) is 0 Å². The zero-order valence-corrected chi connectivity index (χ0v) is 13.3. The first-order valence-corrected chi connectivity index (χ1v) is 6.81. The van der Waals surface area contributed by atoms with Crippen molar-refractivity contribution >= 4 is 0 Å². The van der Waals surface area contributed by atoms with Gasteiger partial charge in [0, 0.05) is 12.7 Å². The van der Waals surface area contributed by atoms with Gasteiger partial charge in [0.15, 0.2) is 0 Å². The predicted molar refractivity (Wildman–Crippen MR) is 80.0 cm³/mol. The van der Waals surface area contributed by atoms with Crippen molar-refractivity contribution in [1.82, 2.24) is 5.32 Å². The highest BCUT2D eigenvalue weighted by atomic mass is 16.5. The Bertz CT molecular complexity index is 425. The molecule has 0 aliphatic carbocycles. The molecule has 0 radical (unpaired) electrons. The van der Waals surface area contributed by atoms with Crippen molar-refractivity contribution in [2.45, 2.75) is 45.8 Å². The Labute approximate surface area is 117 Å². The Hall–Kier alpha value is -1.06. The lowest BCUT2D eigenvalue weighted by Crippen LogP contribution is -2.42. The molecule has 0 aliphatic heterocycles. The molecule has 0 saturated heterocycles. The van der Waals surface area contributed by atoms with Gasteiger partial charge in [-0.1, -0.05) is 13.0 Å². The first-order chi connectivity index (χ1) is 8.93. The maximum Gasteiger partial charge on any atom is 0.124 e. The highest BCUT2D eigenvalue weighted by molar-refractivity contribution is 5.46. The van der Waals surface area contributed by atoms with Crippen LogP contribution in [0.15, 0.2) is 12.1 Å². The van der Waals surface area contributed by atoms with Gasteiger partial charge in [-0.05, 0) is 51.4 Å². The number of nitrogens with one attached hydrogen (secondary N) is 1. The van der Waals surface area contributed by atoms with Crippen molar-refractivity contribution < 1.29 is 9.47 Å². The van der Waals surface area contributed by atoms with Gasteiger partial charge in [0.25, 0.3) is 0 Å². The Morgan fingerprint density at radius 3 is 2.32 bits per heavy atom. The van der Waals surface area contributed by atoms with Gasteiger partial charge in [0.1, 0.15) is 5.75 Å². The zero-order valence-electron chi connectivity index (χ0n) is 13.3. The highest BCUT2D eigenvalue weighted by Gasteiger charge is 2.35. The smallest absolute Gasteiger partial charge is 0.124 e. The molecule has 3 nitrogen and oxygen atoms in total. The van der Waals surface area contributed by atoms with Crippen LogP contribution in [-0.4, -0.2) is 26.9 Å². The minimum absolute atomic E-state index is 0.0954. The number of hydrogen-bond acceptors (Lipinski definition) is 3. The van der Waals surface area contributed by atoms with E-state index in [0.717, 1.165) is 12.2 Å². The number of aryl methyl sites for hydroxylation is 2. The predicted octanol–water partition coefficient (Wildman–Crippen LogP) is 3.39. The minimum Gasteiger partial charge on any atom is -0.496 e. The first-order valence-electron chi connectivity index (χ1n) is 6.81. The van der Waals surface area contributed by atoms with Crippen LogP contribution in [0, 0.1) is 13.8 Å². The van der Waals surface area contributed by atoms with Crippen molar-refractivity contribution in [1.29, 1.82) is 0 Å². The number of ether oxygens (including phenoxy) is 2. The Morgan fingerprint density at radius 1 is 1.26 bits per heavy atom. The number of hydrogen-bond donors (Lipinski definition) is 1. The second-order valence-electron chi connectivity index (χ2n) is 5.29. The van der Waals surface area contributed by atoms with Crippen LogP contribution in [0.3, 0.4) is 0 Å². The summed E-state index contributed by atoms with van der Waals surface area (Å²) in [4.78, 5) is 0. The van der Waals surface area contributed by atoms with E-state index < -0.39 is 0 Å². The summed E-state index contributed by atoms with van der Waals surface area (Å²) in [5, 5.41) is 3.39. The van der Waals surface area contributed by atoms with E-state index in [1.165, 1.54) is 16.7 Å². The van der Waals surface area contributed by atoms with Crippen molar-refractivity contribution in [3.63, 3.8) is 0 Å². The molecular formula is C16H27NO2. The van der Waals surface area contributed by atoms with Crippen molar-refractivity contribution in [3.05, 3.63) is 28.8 Å². The average molecular weight is 265 g/mol. The summed E-state index contributed by atoms with van der Waals surface area (Å²) < 4.78 is 11.3. The van der Waals surface area contributed by atoms with Gasteiger partial charge in [-0.25, -0.2) is 0 Å². The van der Waals surface area contributed by atoms with E-state index in [2.05, 4.69) is 45.1 Å². The second kappa shape index (κ2) is 6.40. The Morgan fingerprint density at radius 2 is 1.89 bits per heavy atom. The molecule has 0 saturated carbocycles. The lowest BCUT2D eigenvalue weighted by molar-refractivity contribution is -0.0287. The fraction of sp³-hybridized carbons (Fsp3) is 0.625. The van der Waals surface area contributed by atoms with Crippen LogP contribution in [0.5, 0.6) is 5.75 Å². The summed E-state index contributed by atoms with van der Waals surface area (Å²) in [6, 6.07) is 4.37. The van der Waals surface area contributed by atoms with Crippen LogP contribution in [-0.2, 0) is 4.74 Å². The maximum absolute atomic E-state index is 5.76. The molecule has 1 aromatic rings. The Kier molecular flexibility index (Phi) is 5.39. The van der Waals surface area contributed by atoms with E-state index in [4.69, 9.17) is 9.47 Å². The highest BCUT2D eigenvalue weighted by Crippen LogP contribution is 2.38. The van der Waals surface area contributed by atoms with E-state index >= 15 is 0 Å². The van der Waals surface area contributed by atoms with Crippen molar-refractivity contribution in [2.75, 3.05) is 21.3 Å². The molecular weight excluding hydrogens is 238 g/mol. The number of rotatable bonds is 6. The molecule has 108 valence electrons. The van der Waals surface area contributed by atoms with E-state index in [1.807, 2.05) is 7.05 Å². The van der Waals surface area contributed by atoms with Crippen LogP contribution < -0.4 is 10.1 Å². The summed E-state index contributed by atoms with van der Waals surface area (Å²) in [6.45, 7) is 8.49. The summed E-state index contributed by atoms with van der Waals surface area (Å²) in [7, 11) is 5.46. The first kappa shape index (κ1) is 16.0. The van der Waals surface area contributed by atoms with Gasteiger partial charge in [-0.2, -0.15) is 0 Å². The molecule has 0 spiro atoms. The standard InChI is InChI=1S/C16H27NO2/c1-8-16(4,19-7)15(17-5)14-12(3)9-11(2)10-13(14)18-6/h9-10,15,17H,8H2,1-7H3. The molecule has 1 rings (SSSR count). The summed E-state index contributed by atoms with van der Waals surface area (Å²) in [6.07, 6.45) is 0.922. The van der Waals surface area contributed by atoms with Gasteiger partial charge >= 0.3 is 0 Å². The third kappa shape index (κ3) is 3.10. The van der Waals surface area contributed by atoms with E-state index in [-0.39, 0.29) is 11.6 Å². The quantitative estimate of drug-likeness (QED) is 0.855. The zero-order chi connectivity index (χ0) is 14.6. The monoisotopic (exact) mass is 265 g/mol. The lowest BCUT2D eigenvalue weighted by Gasteiger charge is -2.37. The SMILES string of the molecule is CCC(C)(OC)C(NC)c1c(C)cc(C)cc1OC. The lowest BCUT2D eigenvalue weighted by atomic mass is 9.84. The molecule has 3 heteroatoms. The average Bonchev–Trinajstić information content (AvgIpc) is 2.40. The van der Waals surface area contributed by atoms with Crippen LogP contribution >= 0.6 is 0 Å². The topological polar surface area (TPSA) is 30.5 Å². The van der Waals surface area contributed by atoms with Gasteiger partial charge in [0.05, 0.1) is 18.8 Å². The molecule has 19 heavy (non-hydrogen) atoms. The van der Waals surface area contributed by atoms with Crippen LogP contribution in [0.1, 0.15) is 43.0 Å². The van der Waals surface area contributed by atoms with Gasteiger partial charge in [-0.15, -0.1) is 0 Å². The van der Waals surface area contributed by atoms with Crippen LogP contribution in [0.25, 0.3) is 0 Å². The fourth-order valence-electron chi connectivity index (χ4n) is 2.70. The van der Waals surface area contributed by atoms with Crippen molar-refractivity contribution in [3.8, 4) is 5.75 Å². The van der Waals surface area contributed by atoms with E-state index in [0.29, 0.717) is 0 Å². The molecule has 2 atom stereocenters. The fourth-order valence-corrected chi connectivity index (χ4v) is 2.70. The number of methoxy groups -OCH3 is 2. The summed E-state index contributed by atoms with van der Waals surface area (Å²) >= 11 is 0. The van der Waals surface area contributed by atoms with Crippen LogP contribution in [0.4, 0.5) is 0 Å². The second-order valence-corrected chi connectivity index (χ2v) is 5.29. The Balaban J connectivity index is 3.40. The largest absolute Gasteiger partial charge is 0.496 e. The van der Waals surface area contributed by atoms with Gasteiger partial charge < -0.3 is 14.8 Å². The van der Waals surface area contributed by atoms with Gasteiger partial charge in [-0.3, -0.25) is 0 Å². The summed E-state index contributed by atoms with van der Waals surface area (Å²) in [5.41, 5.74) is 3.36. The van der Waals surface area contributed by atoms with Gasteiger partial charge in [0.2, 0.25) is 0 Å². The molecule has 0 fully saturated rings. The molecule has 1 aromatic carbocycles. The van der Waals surface area contributed by atoms with Crippen molar-refractivity contribution in [2.24, 2.45) is 0 Å². The molecule has 2 unspecified atom stereocenters. The molecule has 0 heterocycles. The third-order valence-corrected chi connectivity index (χ3v) is 4.07. The normalized spacial score (nSPS) is 15.9. The molecule has 1 N–H and O–H groups in total. The molecule has 0 aliphatic rings. The molecule has 0 aromatic heterocycles. The summed E-state index contributed by atoms with van der Waals surface area (Å²) in [5.74, 6) is 0.925. The number of likely N-dealkylation sites (N-methyl/N-ethyl adjacent to an activating group) is 1. The maximum atomic E-state index is 5.76.